The minimum atomic E-state index is -0.687. The van der Waals surface area contributed by atoms with Crippen LogP contribution in [0.1, 0.15) is 126 Å². The van der Waals surface area contributed by atoms with Gasteiger partial charge in [-0.2, -0.15) is 0 Å². The summed E-state index contributed by atoms with van der Waals surface area (Å²) in [6.07, 6.45) is 10.6. The minimum Gasteiger partial charge on any atom is -0.453 e. The van der Waals surface area contributed by atoms with E-state index in [1.807, 2.05) is 49.9 Å². The molecule has 1 saturated carbocycles. The molecule has 4 amide bonds. The number of nitrogens with zero attached hydrogens (tertiary/aromatic N) is 4. The number of aromatic nitrogens is 4. The van der Waals surface area contributed by atoms with Crippen LogP contribution in [-0.4, -0.2) is 93.1 Å². The van der Waals surface area contributed by atoms with E-state index in [1.54, 1.807) is 0 Å². The molecular weight excluding hydrogens is 809 g/mol. The van der Waals surface area contributed by atoms with Gasteiger partial charge in [0.05, 0.1) is 50.1 Å². The lowest BCUT2D eigenvalue weighted by Gasteiger charge is -2.41. The van der Waals surface area contributed by atoms with E-state index in [0.29, 0.717) is 24.9 Å². The molecule has 5 aromatic rings. The van der Waals surface area contributed by atoms with Crippen LogP contribution in [0, 0.1) is 11.8 Å². The van der Waals surface area contributed by atoms with Gasteiger partial charge in [0.25, 0.3) is 0 Å². The Balaban J connectivity index is 0.964. The maximum atomic E-state index is 13.8. The van der Waals surface area contributed by atoms with Gasteiger partial charge in [0.1, 0.15) is 23.7 Å². The number of carbonyl (C=O) groups excluding carboxylic acids is 4. The first kappa shape index (κ1) is 43.1. The standard InChI is InChI=1S/C50H60N8O6/c1-27(2)43(55-49(61)63-5)47(59)57-21-7-9-39(57)45-51-25-37(53-45)34-18-16-31-23-33(17-15-32(31)24-34)35-19-20-36(42-30-13-11-29(12-14-30)41(35)42)38-26-52-46(54-38)40-10-8-22-58(40)48(60)44(28(3)4)56-50(62)64-6/h15-20,23-30,39-40,43-44H,7-14,21-22H2,1-6H3,(H,51,53)(H,52,54)(H,55,61)(H,56,62)/t29?,30?,39-,40-,43+,44-/m0/s1. The normalized spacial score (nSPS) is 21.3. The van der Waals surface area contributed by atoms with Gasteiger partial charge in [-0.3, -0.25) is 9.59 Å². The molecule has 2 bridgehead atoms. The molecule has 3 aromatic carbocycles. The van der Waals surface area contributed by atoms with Gasteiger partial charge in [-0.25, -0.2) is 19.6 Å². The average Bonchev–Trinajstić information content (AvgIpc) is 4.16. The Kier molecular flexibility index (Phi) is 12.0. The van der Waals surface area contributed by atoms with Gasteiger partial charge in [0, 0.05) is 24.2 Å². The second kappa shape index (κ2) is 17.8. The number of H-pyrrole nitrogens is 2. The van der Waals surface area contributed by atoms with Gasteiger partial charge in [0.15, 0.2) is 0 Å². The largest absolute Gasteiger partial charge is 0.453 e. The van der Waals surface area contributed by atoms with Crippen LogP contribution >= 0.6 is 0 Å². The summed E-state index contributed by atoms with van der Waals surface area (Å²) >= 11 is 0. The summed E-state index contributed by atoms with van der Waals surface area (Å²) < 4.78 is 9.63. The number of ether oxygens (including phenoxy) is 2. The number of hydrogen-bond donors (Lipinski definition) is 4. The SMILES string of the molecule is COC(=O)N[C@H](C(=O)N1CCC[C@H]1c1ncc(-c2ccc(-c3ccc4cc(-c5cnc([C@@H]6CCCN6C(=O)[C@H](NC(=O)OC)C(C)C)[nH]5)ccc4c3)c3c2C2CCC3CC2)[nH]1)C(C)C. The predicted octanol–water partition coefficient (Wildman–Crippen LogP) is 9.13. The Bertz CT molecular complexity index is 2570. The Morgan fingerprint density at radius 2 is 1.06 bits per heavy atom. The molecule has 0 radical (unpaired) electrons. The Morgan fingerprint density at radius 1 is 0.609 bits per heavy atom. The molecule has 5 aliphatic rings. The quantitative estimate of drug-likeness (QED) is 0.102. The number of aromatic amines is 2. The van der Waals surface area contributed by atoms with Gasteiger partial charge in [-0.15, -0.1) is 0 Å². The highest BCUT2D eigenvalue weighted by molar-refractivity contribution is 5.92. The highest BCUT2D eigenvalue weighted by Gasteiger charge is 2.40. The van der Waals surface area contributed by atoms with Gasteiger partial charge in [0.2, 0.25) is 11.8 Å². The van der Waals surface area contributed by atoms with Crippen molar-refractivity contribution in [1.82, 2.24) is 40.4 Å². The van der Waals surface area contributed by atoms with E-state index in [1.165, 1.54) is 67.7 Å². The van der Waals surface area contributed by atoms with Crippen LogP contribution in [0.25, 0.3) is 44.4 Å². The van der Waals surface area contributed by atoms with Crippen molar-refractivity contribution >= 4 is 34.8 Å². The maximum absolute atomic E-state index is 13.8. The molecule has 2 aliphatic heterocycles. The summed E-state index contributed by atoms with van der Waals surface area (Å²) in [5.41, 5.74) is 9.47. The van der Waals surface area contributed by atoms with E-state index in [9.17, 15) is 19.2 Å². The van der Waals surface area contributed by atoms with Crippen LogP contribution in [0.15, 0.2) is 60.9 Å². The van der Waals surface area contributed by atoms with Gasteiger partial charge < -0.3 is 39.9 Å². The number of hydrogen-bond acceptors (Lipinski definition) is 8. The smallest absolute Gasteiger partial charge is 0.407 e. The number of rotatable bonds is 11. The van der Waals surface area contributed by atoms with Crippen molar-refractivity contribution in [3.05, 3.63) is 83.7 Å². The molecule has 336 valence electrons. The summed E-state index contributed by atoms with van der Waals surface area (Å²) in [6.45, 7) is 8.89. The van der Waals surface area contributed by atoms with Crippen LogP contribution in [0.2, 0.25) is 0 Å². The van der Waals surface area contributed by atoms with E-state index >= 15 is 0 Å². The molecule has 10 rings (SSSR count). The fourth-order valence-corrected chi connectivity index (χ4v) is 10.9. The second-order valence-corrected chi connectivity index (χ2v) is 18.8. The fourth-order valence-electron chi connectivity index (χ4n) is 10.9. The molecule has 3 aliphatic carbocycles. The van der Waals surface area contributed by atoms with Crippen LogP contribution in [0.3, 0.4) is 0 Å². The zero-order valence-electron chi connectivity index (χ0n) is 37.7. The van der Waals surface area contributed by atoms with E-state index in [0.717, 1.165) is 65.1 Å². The Hall–Kier alpha value is -6.18. The highest BCUT2D eigenvalue weighted by Crippen LogP contribution is 2.55. The number of imidazole rings is 2. The lowest BCUT2D eigenvalue weighted by atomic mass is 9.64. The second-order valence-electron chi connectivity index (χ2n) is 18.8. The van der Waals surface area contributed by atoms with Crippen molar-refractivity contribution in [3.63, 3.8) is 0 Å². The molecule has 64 heavy (non-hydrogen) atoms. The summed E-state index contributed by atoms with van der Waals surface area (Å²) in [6, 6.07) is 16.0. The number of nitrogens with one attached hydrogen (secondary N) is 4. The summed E-state index contributed by atoms with van der Waals surface area (Å²) in [5, 5.41) is 7.75. The molecule has 4 N–H and O–H groups in total. The highest BCUT2D eigenvalue weighted by atomic mass is 16.5. The van der Waals surface area contributed by atoms with Crippen LogP contribution in [0.4, 0.5) is 9.59 Å². The number of alkyl carbamates (subject to hydrolysis) is 2. The maximum Gasteiger partial charge on any atom is 0.407 e. The lowest BCUT2D eigenvalue weighted by Crippen LogP contribution is -2.51. The third kappa shape index (κ3) is 8.00. The predicted molar refractivity (Wildman–Crippen MR) is 244 cm³/mol. The third-order valence-electron chi connectivity index (χ3n) is 14.3. The molecule has 14 heteroatoms. The molecule has 14 nitrogen and oxygen atoms in total. The van der Waals surface area contributed by atoms with E-state index in [2.05, 4.69) is 69.1 Å². The summed E-state index contributed by atoms with van der Waals surface area (Å²) in [7, 11) is 2.61. The number of amides is 4. The number of likely N-dealkylation sites (tertiary alicyclic amines) is 2. The van der Waals surface area contributed by atoms with Crippen molar-refractivity contribution in [3.8, 4) is 33.6 Å². The number of carbonyl (C=O) groups is 4. The minimum absolute atomic E-state index is 0.102. The molecule has 4 atom stereocenters. The zero-order chi connectivity index (χ0) is 44.8. The van der Waals surface area contributed by atoms with E-state index in [-0.39, 0.29) is 35.7 Å². The molecule has 0 spiro atoms. The number of benzene rings is 3. The Morgan fingerprint density at radius 3 is 1.58 bits per heavy atom. The Labute approximate surface area is 374 Å². The van der Waals surface area contributed by atoms with E-state index < -0.39 is 24.3 Å². The van der Waals surface area contributed by atoms with Crippen LogP contribution in [-0.2, 0) is 19.1 Å². The van der Waals surface area contributed by atoms with Gasteiger partial charge >= 0.3 is 12.2 Å². The first-order valence-corrected chi connectivity index (χ1v) is 23.0. The van der Waals surface area contributed by atoms with E-state index in [4.69, 9.17) is 19.4 Å². The van der Waals surface area contributed by atoms with Gasteiger partial charge in [-0.1, -0.05) is 64.1 Å². The van der Waals surface area contributed by atoms with Crippen molar-refractivity contribution < 1.29 is 28.7 Å². The lowest BCUT2D eigenvalue weighted by molar-refractivity contribution is -0.136. The van der Waals surface area contributed by atoms with Crippen molar-refractivity contribution in [2.75, 3.05) is 27.3 Å². The number of methoxy groups -OCH3 is 2. The van der Waals surface area contributed by atoms with Crippen molar-refractivity contribution in [1.29, 1.82) is 0 Å². The molecule has 0 unspecified atom stereocenters. The first-order valence-electron chi connectivity index (χ1n) is 23.0. The fraction of sp³-hybridized carbons (Fsp3) is 0.480. The first-order chi connectivity index (χ1) is 30.9. The molecule has 2 saturated heterocycles. The van der Waals surface area contributed by atoms with Crippen molar-refractivity contribution in [2.45, 2.75) is 115 Å². The summed E-state index contributed by atoms with van der Waals surface area (Å²) in [5.74, 6) is 2.04. The third-order valence-corrected chi connectivity index (χ3v) is 14.3. The van der Waals surface area contributed by atoms with Gasteiger partial charge in [-0.05, 0) is 120 Å². The monoisotopic (exact) mass is 868 g/mol. The van der Waals surface area contributed by atoms with Crippen LogP contribution in [0.5, 0.6) is 0 Å². The topological polar surface area (TPSA) is 175 Å². The molecule has 4 heterocycles. The zero-order valence-corrected chi connectivity index (χ0v) is 37.7. The average molecular weight is 869 g/mol. The van der Waals surface area contributed by atoms with Crippen LogP contribution < -0.4 is 10.6 Å². The summed E-state index contributed by atoms with van der Waals surface area (Å²) in [4.78, 5) is 72.3. The molecule has 2 aromatic heterocycles. The molecule has 3 fully saturated rings. The number of fused-ring (bicyclic) bond motifs is 3. The van der Waals surface area contributed by atoms with Crippen molar-refractivity contribution in [2.24, 2.45) is 11.8 Å². The molecular formula is C50H60N8O6.